The zero-order valence-electron chi connectivity index (χ0n) is 13.4. The van der Waals surface area contributed by atoms with Gasteiger partial charge in [0, 0.05) is 11.2 Å². The molecule has 1 aliphatic rings. The van der Waals surface area contributed by atoms with Crippen molar-refractivity contribution < 1.29 is 19.4 Å². The normalized spacial score (nSPS) is 16.9. The first kappa shape index (κ1) is 17.0. The average Bonchev–Trinajstić information content (AvgIpc) is 2.62. The molecule has 0 radical (unpaired) electrons. The molecule has 0 saturated heterocycles. The summed E-state index contributed by atoms with van der Waals surface area (Å²) < 4.78 is 4.84. The molecule has 6 heteroatoms. The number of rotatable bonds is 3. The van der Waals surface area contributed by atoms with Crippen LogP contribution in [0.3, 0.4) is 0 Å². The molecule has 0 bridgehead atoms. The Morgan fingerprint density at radius 2 is 1.84 bits per heavy atom. The predicted molar refractivity (Wildman–Crippen MR) is 94.3 cm³/mol. The fourth-order valence-electron chi connectivity index (χ4n) is 3.09. The quantitative estimate of drug-likeness (QED) is 0.889. The number of carbonyl (C=O) groups excluding carboxylic acids is 1. The lowest BCUT2D eigenvalue weighted by Gasteiger charge is -2.36. The van der Waals surface area contributed by atoms with Crippen LogP contribution in [-0.4, -0.2) is 29.2 Å². The molecule has 2 atom stereocenters. The molecule has 1 amide bonds. The summed E-state index contributed by atoms with van der Waals surface area (Å²) in [5, 5.41) is 10.4. The summed E-state index contributed by atoms with van der Waals surface area (Å²) in [7, 11) is 1.27. The van der Waals surface area contributed by atoms with Crippen LogP contribution in [0, 0.1) is 0 Å². The Kier molecular flexibility index (Phi) is 4.76. The third kappa shape index (κ3) is 3.23. The molecular formula is C19H16ClNO4. The van der Waals surface area contributed by atoms with Crippen LogP contribution in [0.15, 0.2) is 54.7 Å². The second-order valence-corrected chi connectivity index (χ2v) is 6.07. The summed E-state index contributed by atoms with van der Waals surface area (Å²) in [6.45, 7) is 0. The van der Waals surface area contributed by atoms with Crippen molar-refractivity contribution in [3.05, 3.63) is 76.4 Å². The lowest BCUT2D eigenvalue weighted by Crippen LogP contribution is -2.38. The summed E-state index contributed by atoms with van der Waals surface area (Å²) in [4.78, 5) is 25.7. The number of aliphatic carboxylic acids is 1. The zero-order chi connectivity index (χ0) is 18.0. The van der Waals surface area contributed by atoms with Crippen LogP contribution in [0.5, 0.6) is 0 Å². The third-order valence-electron chi connectivity index (χ3n) is 4.23. The maximum atomic E-state index is 12.2. The molecule has 1 N–H and O–H groups in total. The van der Waals surface area contributed by atoms with Gasteiger partial charge in [-0.1, -0.05) is 48.0 Å². The number of hydrogen-bond acceptors (Lipinski definition) is 3. The van der Waals surface area contributed by atoms with Crippen molar-refractivity contribution >= 4 is 29.7 Å². The van der Waals surface area contributed by atoms with Gasteiger partial charge in [-0.05, 0) is 34.9 Å². The summed E-state index contributed by atoms with van der Waals surface area (Å²) in [6, 6.07) is 13.3. The third-order valence-corrected chi connectivity index (χ3v) is 4.48. The largest absolute Gasteiger partial charge is 0.481 e. The van der Waals surface area contributed by atoms with Crippen molar-refractivity contribution in [1.82, 2.24) is 4.90 Å². The highest BCUT2D eigenvalue weighted by Crippen LogP contribution is 2.41. The highest BCUT2D eigenvalue weighted by Gasteiger charge is 2.39. The van der Waals surface area contributed by atoms with Crippen molar-refractivity contribution in [3.8, 4) is 0 Å². The molecule has 0 saturated carbocycles. The monoisotopic (exact) mass is 357 g/mol. The first-order valence-corrected chi connectivity index (χ1v) is 8.02. The number of hydrogen-bond donors (Lipinski definition) is 1. The van der Waals surface area contributed by atoms with E-state index in [0.29, 0.717) is 10.6 Å². The molecule has 1 heterocycles. The number of carboxylic acids is 1. The van der Waals surface area contributed by atoms with E-state index in [4.69, 9.17) is 16.3 Å². The lowest BCUT2D eigenvalue weighted by atomic mass is 9.83. The van der Waals surface area contributed by atoms with Gasteiger partial charge in [-0.15, -0.1) is 0 Å². The highest BCUT2D eigenvalue weighted by molar-refractivity contribution is 6.30. The van der Waals surface area contributed by atoms with Crippen molar-refractivity contribution in [2.24, 2.45) is 0 Å². The second-order valence-electron chi connectivity index (χ2n) is 5.63. The summed E-state index contributed by atoms with van der Waals surface area (Å²) in [5.41, 5.74) is 2.17. The molecule has 2 aromatic rings. The van der Waals surface area contributed by atoms with E-state index in [1.165, 1.54) is 12.0 Å². The fourth-order valence-corrected chi connectivity index (χ4v) is 3.21. The van der Waals surface area contributed by atoms with E-state index < -0.39 is 24.0 Å². The number of carboxylic acid groups (broad SMARTS) is 1. The van der Waals surface area contributed by atoms with E-state index in [1.54, 1.807) is 36.5 Å². The van der Waals surface area contributed by atoms with Gasteiger partial charge in [-0.25, -0.2) is 4.79 Å². The summed E-state index contributed by atoms with van der Waals surface area (Å²) in [5.74, 6) is -2.01. The van der Waals surface area contributed by atoms with Crippen molar-refractivity contribution in [2.45, 2.75) is 12.0 Å². The Balaban J connectivity index is 2.16. The van der Waals surface area contributed by atoms with Crippen LogP contribution in [0.2, 0.25) is 5.02 Å². The van der Waals surface area contributed by atoms with Gasteiger partial charge in [0.15, 0.2) is 0 Å². The van der Waals surface area contributed by atoms with E-state index in [-0.39, 0.29) is 0 Å². The van der Waals surface area contributed by atoms with Crippen LogP contribution < -0.4 is 0 Å². The van der Waals surface area contributed by atoms with Gasteiger partial charge in [0.25, 0.3) is 0 Å². The van der Waals surface area contributed by atoms with Gasteiger partial charge in [0.2, 0.25) is 0 Å². The van der Waals surface area contributed by atoms with Crippen LogP contribution in [0.4, 0.5) is 4.79 Å². The zero-order valence-corrected chi connectivity index (χ0v) is 14.2. The Hall–Kier alpha value is -2.79. The minimum Gasteiger partial charge on any atom is -0.481 e. The number of amides is 1. The molecule has 128 valence electrons. The average molecular weight is 358 g/mol. The Morgan fingerprint density at radius 3 is 2.48 bits per heavy atom. The molecule has 25 heavy (non-hydrogen) atoms. The molecule has 0 fully saturated rings. The van der Waals surface area contributed by atoms with Gasteiger partial charge in [0.1, 0.15) is 5.92 Å². The van der Waals surface area contributed by atoms with Crippen molar-refractivity contribution in [2.75, 3.05) is 7.11 Å². The lowest BCUT2D eigenvalue weighted by molar-refractivity contribution is -0.140. The minimum atomic E-state index is -1.04. The van der Waals surface area contributed by atoms with Crippen LogP contribution in [0.25, 0.3) is 6.08 Å². The Labute approximate surface area is 150 Å². The topological polar surface area (TPSA) is 66.8 Å². The highest BCUT2D eigenvalue weighted by atomic mass is 35.5. The molecule has 2 aromatic carbocycles. The maximum Gasteiger partial charge on any atom is 0.414 e. The number of benzene rings is 2. The number of nitrogens with zero attached hydrogens (tertiary/aromatic N) is 1. The maximum absolute atomic E-state index is 12.2. The van der Waals surface area contributed by atoms with Crippen LogP contribution in [-0.2, 0) is 9.53 Å². The van der Waals surface area contributed by atoms with Crippen molar-refractivity contribution in [3.63, 3.8) is 0 Å². The molecule has 3 rings (SSSR count). The standard InChI is InChI=1S/C19H16ClNO4/c1-25-19(24)21-11-10-12-4-2-3-5-15(12)17(21)16(18(22)23)13-6-8-14(20)9-7-13/h2-11,16-17H,1H3,(H,22,23)/t16-,17-/m1/s1. The van der Waals surface area contributed by atoms with Crippen LogP contribution >= 0.6 is 11.6 Å². The summed E-state index contributed by atoms with van der Waals surface area (Å²) >= 11 is 5.92. The van der Waals surface area contributed by atoms with E-state index >= 15 is 0 Å². The molecule has 0 unspecified atom stereocenters. The van der Waals surface area contributed by atoms with E-state index in [1.807, 2.05) is 24.3 Å². The molecule has 0 spiro atoms. The summed E-state index contributed by atoms with van der Waals surface area (Å²) in [6.07, 6.45) is 2.71. The van der Waals surface area contributed by atoms with Gasteiger partial charge in [-0.2, -0.15) is 0 Å². The molecule has 0 aromatic heterocycles. The number of ether oxygens (including phenoxy) is 1. The van der Waals surface area contributed by atoms with Gasteiger partial charge < -0.3 is 9.84 Å². The van der Waals surface area contributed by atoms with Crippen molar-refractivity contribution in [1.29, 1.82) is 0 Å². The Bertz CT molecular complexity index is 832. The number of fused-ring (bicyclic) bond motifs is 1. The molecule has 5 nitrogen and oxygen atoms in total. The number of halogens is 1. The van der Waals surface area contributed by atoms with E-state index in [2.05, 4.69) is 0 Å². The van der Waals surface area contributed by atoms with E-state index in [9.17, 15) is 14.7 Å². The minimum absolute atomic E-state index is 0.515. The fraction of sp³-hybridized carbons (Fsp3) is 0.158. The molecule has 1 aliphatic heterocycles. The first-order valence-electron chi connectivity index (χ1n) is 7.64. The number of methoxy groups -OCH3 is 1. The second kappa shape index (κ2) is 6.99. The first-order chi connectivity index (χ1) is 12.0. The van der Waals surface area contributed by atoms with Gasteiger partial charge in [0.05, 0.1) is 13.2 Å². The van der Waals surface area contributed by atoms with E-state index in [0.717, 1.165) is 11.1 Å². The SMILES string of the molecule is COC(=O)N1C=Cc2ccccc2[C@@H]1[C@H](C(=O)O)c1ccc(Cl)cc1. The van der Waals surface area contributed by atoms with Crippen LogP contribution in [0.1, 0.15) is 28.7 Å². The number of carbonyl (C=O) groups is 2. The smallest absolute Gasteiger partial charge is 0.414 e. The molecule has 0 aliphatic carbocycles. The Morgan fingerprint density at radius 1 is 1.16 bits per heavy atom. The van der Waals surface area contributed by atoms with Gasteiger partial charge >= 0.3 is 12.1 Å². The molecular weight excluding hydrogens is 342 g/mol. The van der Waals surface area contributed by atoms with Gasteiger partial charge in [-0.3, -0.25) is 9.69 Å². The predicted octanol–water partition coefficient (Wildman–Crippen LogP) is 4.30.